The lowest BCUT2D eigenvalue weighted by Gasteiger charge is -2.32. The first kappa shape index (κ1) is 16.1. The Balaban J connectivity index is 2.49. The number of hydrogen-bond acceptors (Lipinski definition) is 5. The third-order valence-electron chi connectivity index (χ3n) is 3.20. The minimum atomic E-state index is -4.48. The van der Waals surface area contributed by atoms with E-state index in [9.17, 15) is 25.6 Å². The SMILES string of the molecule is CC1CS(=O)(=O)CCN1S(=O)(=O)c1c(F)cc(N)cc1F. The average molecular weight is 340 g/mol. The van der Waals surface area contributed by atoms with Crippen LogP contribution >= 0.6 is 0 Å². The van der Waals surface area contributed by atoms with Gasteiger partial charge in [-0.15, -0.1) is 0 Å². The van der Waals surface area contributed by atoms with Crippen LogP contribution in [0.5, 0.6) is 0 Å². The molecule has 21 heavy (non-hydrogen) atoms. The van der Waals surface area contributed by atoms with Gasteiger partial charge in [0.15, 0.2) is 14.7 Å². The summed E-state index contributed by atoms with van der Waals surface area (Å²) in [6.45, 7) is 1.04. The molecule has 0 radical (unpaired) electrons. The molecule has 0 bridgehead atoms. The predicted molar refractivity (Wildman–Crippen MR) is 72.8 cm³/mol. The Bertz CT molecular complexity index is 754. The molecular formula is C11H14F2N2O4S2. The van der Waals surface area contributed by atoms with Gasteiger partial charge in [0.1, 0.15) is 11.6 Å². The van der Waals surface area contributed by atoms with Gasteiger partial charge < -0.3 is 5.73 Å². The number of nitrogens with two attached hydrogens (primary N) is 1. The Morgan fingerprint density at radius 1 is 1.29 bits per heavy atom. The van der Waals surface area contributed by atoms with E-state index in [0.717, 1.165) is 4.31 Å². The van der Waals surface area contributed by atoms with E-state index >= 15 is 0 Å². The first-order valence-electron chi connectivity index (χ1n) is 6.01. The lowest BCUT2D eigenvalue weighted by molar-refractivity contribution is 0.352. The molecule has 6 nitrogen and oxygen atoms in total. The maximum absolute atomic E-state index is 13.8. The zero-order chi connectivity index (χ0) is 16.0. The Morgan fingerprint density at radius 2 is 1.81 bits per heavy atom. The van der Waals surface area contributed by atoms with Gasteiger partial charge in [0, 0.05) is 18.3 Å². The van der Waals surface area contributed by atoms with Crippen molar-refractivity contribution in [2.24, 2.45) is 0 Å². The maximum Gasteiger partial charge on any atom is 0.249 e. The maximum atomic E-state index is 13.8. The highest BCUT2D eigenvalue weighted by Gasteiger charge is 2.39. The van der Waals surface area contributed by atoms with E-state index in [-0.39, 0.29) is 23.7 Å². The summed E-state index contributed by atoms with van der Waals surface area (Å²) in [5.74, 6) is -3.36. The summed E-state index contributed by atoms with van der Waals surface area (Å²) < 4.78 is 76.1. The van der Waals surface area contributed by atoms with Crippen LogP contribution in [0.4, 0.5) is 14.5 Å². The molecular weight excluding hydrogens is 326 g/mol. The molecule has 1 unspecified atom stereocenters. The minimum absolute atomic E-state index is 0.238. The van der Waals surface area contributed by atoms with Crippen molar-refractivity contribution in [3.63, 3.8) is 0 Å². The van der Waals surface area contributed by atoms with Crippen LogP contribution in [0.15, 0.2) is 17.0 Å². The molecule has 1 aromatic rings. The zero-order valence-corrected chi connectivity index (χ0v) is 12.7. The fourth-order valence-corrected chi connectivity index (χ4v) is 5.78. The van der Waals surface area contributed by atoms with E-state index in [2.05, 4.69) is 0 Å². The van der Waals surface area contributed by atoms with Gasteiger partial charge in [-0.2, -0.15) is 4.31 Å². The molecule has 2 rings (SSSR count). The molecule has 10 heteroatoms. The molecule has 2 N–H and O–H groups in total. The largest absolute Gasteiger partial charge is 0.399 e. The monoisotopic (exact) mass is 340 g/mol. The standard InChI is InChI=1S/C11H14F2N2O4S2/c1-7-6-20(16,17)3-2-15(7)21(18,19)11-9(12)4-8(14)5-10(11)13/h4-5,7H,2-3,6,14H2,1H3. The lowest BCUT2D eigenvalue weighted by atomic mass is 10.3. The van der Waals surface area contributed by atoms with Crippen molar-refractivity contribution in [1.29, 1.82) is 0 Å². The Labute approximate surface area is 121 Å². The van der Waals surface area contributed by atoms with Crippen LogP contribution in [0, 0.1) is 11.6 Å². The van der Waals surface area contributed by atoms with Crippen LogP contribution in [0.2, 0.25) is 0 Å². The van der Waals surface area contributed by atoms with Gasteiger partial charge >= 0.3 is 0 Å². The fourth-order valence-electron chi connectivity index (χ4n) is 2.28. The summed E-state index contributed by atoms with van der Waals surface area (Å²) in [4.78, 5) is -1.11. The van der Waals surface area contributed by atoms with Crippen LogP contribution in [-0.4, -0.2) is 45.2 Å². The van der Waals surface area contributed by atoms with Crippen LogP contribution in [0.25, 0.3) is 0 Å². The van der Waals surface area contributed by atoms with E-state index in [1.54, 1.807) is 0 Å². The van der Waals surface area contributed by atoms with Gasteiger partial charge in [-0.25, -0.2) is 25.6 Å². The average Bonchev–Trinajstić information content (AvgIpc) is 2.24. The normalized spacial score (nSPS) is 23.1. The molecule has 1 saturated heterocycles. The zero-order valence-electron chi connectivity index (χ0n) is 11.1. The number of benzene rings is 1. The topological polar surface area (TPSA) is 97.5 Å². The van der Waals surface area contributed by atoms with Gasteiger partial charge in [-0.05, 0) is 19.1 Å². The number of sulfonamides is 1. The van der Waals surface area contributed by atoms with Crippen molar-refractivity contribution in [2.75, 3.05) is 23.8 Å². The van der Waals surface area contributed by atoms with E-state index in [1.165, 1.54) is 6.92 Å². The van der Waals surface area contributed by atoms with Gasteiger partial charge in [-0.3, -0.25) is 0 Å². The van der Waals surface area contributed by atoms with Crippen LogP contribution in [-0.2, 0) is 19.9 Å². The molecule has 0 amide bonds. The van der Waals surface area contributed by atoms with Crippen molar-refractivity contribution >= 4 is 25.5 Å². The smallest absolute Gasteiger partial charge is 0.249 e. The summed E-state index contributed by atoms with van der Waals surface area (Å²) in [5, 5.41) is 0. The molecule has 1 aliphatic heterocycles. The van der Waals surface area contributed by atoms with Crippen molar-refractivity contribution in [1.82, 2.24) is 4.31 Å². The highest BCUT2D eigenvalue weighted by molar-refractivity contribution is 7.92. The number of hydrogen-bond donors (Lipinski definition) is 1. The highest BCUT2D eigenvalue weighted by atomic mass is 32.2. The number of rotatable bonds is 2. The first-order chi connectivity index (χ1) is 9.54. The Kier molecular flexibility index (Phi) is 3.98. The Morgan fingerprint density at radius 3 is 2.29 bits per heavy atom. The van der Waals surface area contributed by atoms with E-state index in [0.29, 0.717) is 12.1 Å². The highest BCUT2D eigenvalue weighted by Crippen LogP contribution is 2.28. The molecule has 1 heterocycles. The number of sulfone groups is 1. The number of nitrogens with zero attached hydrogens (tertiary/aromatic N) is 1. The molecule has 1 aliphatic rings. The quantitative estimate of drug-likeness (QED) is 0.784. The second-order valence-electron chi connectivity index (χ2n) is 4.89. The second-order valence-corrected chi connectivity index (χ2v) is 8.95. The van der Waals surface area contributed by atoms with Gasteiger partial charge in [-0.1, -0.05) is 0 Å². The summed E-state index contributed by atoms with van der Waals surface area (Å²) in [5.41, 5.74) is 5.01. The number of halogens is 2. The van der Waals surface area contributed by atoms with Crippen molar-refractivity contribution in [3.8, 4) is 0 Å². The predicted octanol–water partition coefficient (Wildman–Crippen LogP) is 0.355. The molecule has 0 aliphatic carbocycles. The molecule has 1 atom stereocenters. The summed E-state index contributed by atoms with van der Waals surface area (Å²) in [6, 6.07) is 0.521. The Hall–Kier alpha value is -1.26. The minimum Gasteiger partial charge on any atom is -0.399 e. The molecule has 0 spiro atoms. The van der Waals surface area contributed by atoms with Gasteiger partial charge in [0.25, 0.3) is 0 Å². The first-order valence-corrected chi connectivity index (χ1v) is 9.27. The molecule has 0 saturated carbocycles. The second kappa shape index (κ2) is 5.18. The molecule has 0 aromatic heterocycles. The van der Waals surface area contributed by atoms with Crippen LogP contribution in [0.3, 0.4) is 0 Å². The molecule has 1 aromatic carbocycles. The lowest BCUT2D eigenvalue weighted by Crippen LogP contribution is -2.49. The van der Waals surface area contributed by atoms with Crippen molar-refractivity contribution in [2.45, 2.75) is 17.9 Å². The number of anilines is 1. The van der Waals surface area contributed by atoms with Crippen LogP contribution < -0.4 is 5.73 Å². The van der Waals surface area contributed by atoms with Gasteiger partial charge in [0.2, 0.25) is 10.0 Å². The van der Waals surface area contributed by atoms with Crippen molar-refractivity contribution in [3.05, 3.63) is 23.8 Å². The molecule has 118 valence electrons. The summed E-state index contributed by atoms with van der Waals surface area (Å²) >= 11 is 0. The van der Waals surface area contributed by atoms with E-state index in [4.69, 9.17) is 5.73 Å². The fraction of sp³-hybridized carbons (Fsp3) is 0.455. The van der Waals surface area contributed by atoms with Crippen LogP contribution in [0.1, 0.15) is 6.92 Å². The summed E-state index contributed by atoms with van der Waals surface area (Å²) in [7, 11) is -7.82. The van der Waals surface area contributed by atoms with E-state index in [1.807, 2.05) is 0 Å². The summed E-state index contributed by atoms with van der Waals surface area (Å²) in [6.07, 6.45) is 0. The third kappa shape index (κ3) is 3.01. The van der Waals surface area contributed by atoms with Gasteiger partial charge in [0.05, 0.1) is 11.5 Å². The number of nitrogen functional groups attached to an aromatic ring is 1. The molecule has 1 fully saturated rings. The van der Waals surface area contributed by atoms with E-state index < -0.39 is 42.4 Å². The van der Waals surface area contributed by atoms with Crippen molar-refractivity contribution < 1.29 is 25.6 Å². The third-order valence-corrected chi connectivity index (χ3v) is 7.06.